The van der Waals surface area contributed by atoms with Crippen LogP contribution in [0.4, 0.5) is 0 Å². The minimum atomic E-state index is -2.53. The van der Waals surface area contributed by atoms with Crippen LogP contribution in [0.1, 0.15) is 27.7 Å². The summed E-state index contributed by atoms with van der Waals surface area (Å²) in [4.78, 5) is 0. The molecule has 16 heavy (non-hydrogen) atoms. The van der Waals surface area contributed by atoms with E-state index < -0.39 is 16.4 Å². The minimum absolute atomic E-state index is 0.554. The van der Waals surface area contributed by atoms with Crippen LogP contribution in [0.5, 0.6) is 0 Å². The van der Waals surface area contributed by atoms with Crippen LogP contribution in [0.25, 0.3) is 0 Å². The van der Waals surface area contributed by atoms with Gasteiger partial charge in [-0.3, -0.25) is 0 Å². The summed E-state index contributed by atoms with van der Waals surface area (Å²) in [6, 6.07) is 0. The van der Waals surface area contributed by atoms with Crippen molar-refractivity contribution in [2.45, 2.75) is 27.7 Å². The average Bonchev–Trinajstić information content (AvgIpc) is 2.26. The summed E-state index contributed by atoms with van der Waals surface area (Å²) >= 11 is 4.34. The van der Waals surface area contributed by atoms with Crippen molar-refractivity contribution in [3.8, 4) is 0 Å². The normalized spacial score (nSPS) is 15.2. The summed E-state index contributed by atoms with van der Waals surface area (Å²) < 4.78 is 17.5. The standard InChI is InChI=1S/C8H22O3S4Si/c1-5-9-16(10-6-2,11-7-3)15(14-12)13-8-4/h12,15H,5-8H2,1-4H3. The Kier molecular flexibility index (Phi) is 11.4. The molecule has 0 amide bonds. The Morgan fingerprint density at radius 3 is 1.69 bits per heavy atom. The van der Waals surface area contributed by atoms with Gasteiger partial charge >= 0.3 is 7.95 Å². The van der Waals surface area contributed by atoms with Crippen molar-refractivity contribution in [2.24, 2.45) is 0 Å². The first-order valence-electron chi connectivity index (χ1n) is 5.37. The molecule has 0 aliphatic rings. The van der Waals surface area contributed by atoms with E-state index in [-0.39, 0.29) is 0 Å². The molecule has 0 saturated carbocycles. The molecule has 3 nitrogen and oxygen atoms in total. The van der Waals surface area contributed by atoms with Crippen LogP contribution in [0, 0.1) is 0 Å². The molecule has 0 rings (SSSR count). The highest BCUT2D eigenvalue weighted by Crippen LogP contribution is 2.61. The Morgan fingerprint density at radius 1 is 1.00 bits per heavy atom. The molecule has 0 N–H and O–H groups in total. The van der Waals surface area contributed by atoms with Gasteiger partial charge in [-0.15, -0.1) is 22.5 Å². The van der Waals surface area contributed by atoms with Crippen LogP contribution in [-0.2, 0) is 13.3 Å². The van der Waals surface area contributed by atoms with E-state index in [0.717, 1.165) is 5.75 Å². The third kappa shape index (κ3) is 5.43. The first-order chi connectivity index (χ1) is 7.70. The molecule has 8 heteroatoms. The van der Waals surface area contributed by atoms with Crippen molar-refractivity contribution in [3.05, 3.63) is 0 Å². The Bertz CT molecular complexity index is 158. The minimum Gasteiger partial charge on any atom is -0.366 e. The SMILES string of the molecule is CCO[Si](OCC)(OCC)[SH](SS)SCC. The van der Waals surface area contributed by atoms with Gasteiger partial charge in [0, 0.05) is 19.8 Å². The molecule has 0 heterocycles. The van der Waals surface area contributed by atoms with Gasteiger partial charge in [-0.2, -0.15) is 0 Å². The smallest absolute Gasteiger partial charge is 0.366 e. The first-order valence-corrected chi connectivity index (χ1v) is 13.3. The van der Waals surface area contributed by atoms with Crippen molar-refractivity contribution >= 4 is 48.6 Å². The third-order valence-corrected chi connectivity index (χ3v) is 20.5. The van der Waals surface area contributed by atoms with Gasteiger partial charge in [-0.1, -0.05) is 15.3 Å². The molecule has 0 bridgehead atoms. The fraction of sp³-hybridized carbons (Fsp3) is 1.00. The van der Waals surface area contributed by atoms with E-state index in [0.29, 0.717) is 19.8 Å². The van der Waals surface area contributed by atoms with Crippen LogP contribution in [0.3, 0.4) is 0 Å². The Balaban J connectivity index is 4.78. The largest absolute Gasteiger partial charge is 0.573 e. The zero-order chi connectivity index (χ0) is 12.4. The molecular weight excluding hydrogens is 300 g/mol. The lowest BCUT2D eigenvalue weighted by atomic mass is 10.9. The van der Waals surface area contributed by atoms with E-state index >= 15 is 0 Å². The van der Waals surface area contributed by atoms with Crippen LogP contribution in [0.2, 0.25) is 0 Å². The highest BCUT2D eigenvalue weighted by atomic mass is 33.8. The van der Waals surface area contributed by atoms with Crippen LogP contribution in [-0.4, -0.2) is 33.5 Å². The second kappa shape index (κ2) is 10.4. The number of thiol groups is 2. The van der Waals surface area contributed by atoms with Crippen molar-refractivity contribution in [3.63, 3.8) is 0 Å². The highest BCUT2D eigenvalue weighted by Gasteiger charge is 2.48. The summed E-state index contributed by atoms with van der Waals surface area (Å²) in [6.45, 7) is 9.96. The van der Waals surface area contributed by atoms with E-state index in [2.05, 4.69) is 18.6 Å². The molecule has 1 unspecified atom stereocenters. The molecule has 0 radical (unpaired) electrons. The lowest BCUT2D eigenvalue weighted by Crippen LogP contribution is -2.44. The molecule has 0 aromatic rings. The molecule has 0 spiro atoms. The molecule has 1 atom stereocenters. The van der Waals surface area contributed by atoms with Crippen LogP contribution < -0.4 is 0 Å². The molecule has 100 valence electrons. The third-order valence-electron chi connectivity index (χ3n) is 1.52. The van der Waals surface area contributed by atoms with Gasteiger partial charge in [0.05, 0.1) is 0 Å². The van der Waals surface area contributed by atoms with E-state index in [9.17, 15) is 0 Å². The quantitative estimate of drug-likeness (QED) is 0.363. The highest BCUT2D eigenvalue weighted by molar-refractivity contribution is 9.36. The van der Waals surface area contributed by atoms with Gasteiger partial charge < -0.3 is 13.3 Å². The van der Waals surface area contributed by atoms with E-state index in [1.165, 1.54) is 9.83 Å². The zero-order valence-electron chi connectivity index (χ0n) is 10.3. The molecule has 0 saturated heterocycles. The van der Waals surface area contributed by atoms with Crippen molar-refractivity contribution in [1.29, 1.82) is 0 Å². The topological polar surface area (TPSA) is 27.7 Å². The predicted octanol–water partition coefficient (Wildman–Crippen LogP) is 3.69. The van der Waals surface area contributed by atoms with E-state index in [4.69, 9.17) is 13.3 Å². The van der Waals surface area contributed by atoms with E-state index in [1.807, 2.05) is 31.6 Å². The number of hydrogen-bond acceptors (Lipinski definition) is 6. The predicted molar refractivity (Wildman–Crippen MR) is 84.3 cm³/mol. The van der Waals surface area contributed by atoms with Gasteiger partial charge in [0.2, 0.25) is 0 Å². The lowest BCUT2D eigenvalue weighted by molar-refractivity contribution is 0.0969. The monoisotopic (exact) mass is 322 g/mol. The Hall–Kier alpha value is 1.50. The summed E-state index contributed by atoms with van der Waals surface area (Å²) in [6.07, 6.45) is 0. The summed E-state index contributed by atoms with van der Waals surface area (Å²) in [5.41, 5.74) is 0. The lowest BCUT2D eigenvalue weighted by Gasteiger charge is -2.35. The molecule has 0 aliphatic heterocycles. The van der Waals surface area contributed by atoms with Gasteiger partial charge in [0.15, 0.2) is 0 Å². The maximum Gasteiger partial charge on any atom is 0.573 e. The molecule has 0 aliphatic carbocycles. The fourth-order valence-corrected chi connectivity index (χ4v) is 18.7. The van der Waals surface area contributed by atoms with Crippen molar-refractivity contribution < 1.29 is 13.3 Å². The first kappa shape index (κ1) is 17.5. The second-order valence-corrected chi connectivity index (χ2v) is 16.6. The number of rotatable bonds is 10. The van der Waals surface area contributed by atoms with Crippen molar-refractivity contribution in [1.82, 2.24) is 0 Å². The van der Waals surface area contributed by atoms with Crippen LogP contribution >= 0.6 is 40.7 Å². The average molecular weight is 323 g/mol. The van der Waals surface area contributed by atoms with Crippen LogP contribution in [0.15, 0.2) is 0 Å². The molecule has 0 fully saturated rings. The number of hydrogen-bond donors (Lipinski definition) is 2. The zero-order valence-corrected chi connectivity index (χ0v) is 14.7. The maximum atomic E-state index is 5.85. The summed E-state index contributed by atoms with van der Waals surface area (Å²) in [5, 5.41) is 0. The molecule has 0 aromatic heterocycles. The Labute approximate surface area is 115 Å². The fourth-order valence-electron chi connectivity index (χ4n) is 1.10. The second-order valence-electron chi connectivity index (χ2n) is 2.58. The molecule has 0 aromatic carbocycles. The van der Waals surface area contributed by atoms with Gasteiger partial charge in [0.1, 0.15) is 0 Å². The summed E-state index contributed by atoms with van der Waals surface area (Å²) in [7, 11) is 0.286. The summed E-state index contributed by atoms with van der Waals surface area (Å²) in [5.74, 6) is 1.03. The Morgan fingerprint density at radius 2 is 1.44 bits per heavy atom. The van der Waals surface area contributed by atoms with Gasteiger partial charge in [0.25, 0.3) is 0 Å². The van der Waals surface area contributed by atoms with Crippen molar-refractivity contribution in [2.75, 3.05) is 25.6 Å². The van der Waals surface area contributed by atoms with Gasteiger partial charge in [-0.05, 0) is 36.3 Å². The van der Waals surface area contributed by atoms with Gasteiger partial charge in [-0.25, -0.2) is 0 Å². The van der Waals surface area contributed by atoms with E-state index in [1.54, 1.807) is 0 Å². The molecular formula is C8H22O3S4Si. The maximum absolute atomic E-state index is 5.85.